The molecular formula is C9H15N3. The van der Waals surface area contributed by atoms with Crippen LogP contribution in [0.25, 0.3) is 0 Å². The number of aromatic nitrogens is 2. The number of aryl methyl sites for hydroxylation is 2. The predicted molar refractivity (Wildman–Crippen MR) is 48.6 cm³/mol. The van der Waals surface area contributed by atoms with Crippen molar-refractivity contribution in [2.24, 2.45) is 7.05 Å². The van der Waals surface area contributed by atoms with Crippen molar-refractivity contribution in [1.82, 2.24) is 9.78 Å². The molecule has 1 aromatic heterocycles. The van der Waals surface area contributed by atoms with Crippen molar-refractivity contribution >= 4 is 0 Å². The van der Waals surface area contributed by atoms with E-state index in [9.17, 15) is 0 Å². The van der Waals surface area contributed by atoms with Gasteiger partial charge < -0.3 is 0 Å². The molecule has 0 aliphatic carbocycles. The van der Waals surface area contributed by atoms with Gasteiger partial charge in [0.1, 0.15) is 6.07 Å². The minimum absolute atomic E-state index is 0.546. The Balaban J connectivity index is 0.000000561. The molecule has 0 fully saturated rings. The van der Waals surface area contributed by atoms with E-state index in [1.54, 1.807) is 4.68 Å². The molecule has 0 atom stereocenters. The van der Waals surface area contributed by atoms with Crippen molar-refractivity contribution in [2.75, 3.05) is 0 Å². The zero-order valence-electron chi connectivity index (χ0n) is 8.13. The zero-order chi connectivity index (χ0) is 9.56. The monoisotopic (exact) mass is 165 g/mol. The first-order chi connectivity index (χ1) is 5.77. The molecule has 0 aliphatic heterocycles. The lowest BCUT2D eigenvalue weighted by Gasteiger charge is -1.83. The fourth-order valence-electron chi connectivity index (χ4n) is 0.890. The molecule has 0 bridgehead atoms. The van der Waals surface area contributed by atoms with Crippen LogP contribution in [0.4, 0.5) is 0 Å². The maximum absolute atomic E-state index is 8.54. The average molecular weight is 165 g/mol. The highest BCUT2D eigenvalue weighted by atomic mass is 15.2. The normalized spacial score (nSPS) is 8.25. The van der Waals surface area contributed by atoms with E-state index in [-0.39, 0.29) is 0 Å². The van der Waals surface area contributed by atoms with E-state index >= 15 is 0 Å². The van der Waals surface area contributed by atoms with Gasteiger partial charge in [-0.2, -0.15) is 10.4 Å². The summed E-state index contributed by atoms with van der Waals surface area (Å²) in [6.45, 7) is 6.01. The number of nitriles is 1. The van der Waals surface area contributed by atoms with Crippen molar-refractivity contribution in [2.45, 2.75) is 27.2 Å². The molecule has 0 radical (unpaired) electrons. The fraction of sp³-hybridized carbons (Fsp3) is 0.556. The van der Waals surface area contributed by atoms with Gasteiger partial charge in [-0.25, -0.2) is 0 Å². The minimum Gasteiger partial charge on any atom is -0.274 e. The lowest BCUT2D eigenvalue weighted by atomic mass is 10.2. The zero-order valence-corrected chi connectivity index (χ0v) is 8.13. The van der Waals surface area contributed by atoms with Crippen molar-refractivity contribution < 1.29 is 0 Å². The van der Waals surface area contributed by atoms with Gasteiger partial charge in [0.05, 0.1) is 0 Å². The van der Waals surface area contributed by atoms with Crippen LogP contribution in [0.15, 0.2) is 6.20 Å². The van der Waals surface area contributed by atoms with Crippen LogP contribution in [-0.2, 0) is 13.5 Å². The van der Waals surface area contributed by atoms with E-state index < -0.39 is 0 Å². The van der Waals surface area contributed by atoms with Crippen LogP contribution in [0, 0.1) is 11.3 Å². The van der Waals surface area contributed by atoms with Crippen molar-refractivity contribution in [3.05, 3.63) is 17.5 Å². The van der Waals surface area contributed by atoms with E-state index in [0.717, 1.165) is 12.0 Å². The van der Waals surface area contributed by atoms with Gasteiger partial charge in [0.25, 0.3) is 0 Å². The smallest absolute Gasteiger partial charge is 0.165 e. The first-order valence-corrected chi connectivity index (χ1v) is 4.20. The molecule has 0 amide bonds. The summed E-state index contributed by atoms with van der Waals surface area (Å²) >= 11 is 0. The van der Waals surface area contributed by atoms with Gasteiger partial charge >= 0.3 is 0 Å². The standard InChI is InChI=1S/C7H9N3.C2H6/c1-3-6-5-10(2)9-7(6)4-8;1-2/h5H,3H2,1-2H3;1-2H3. The predicted octanol–water partition coefficient (Wildman–Crippen LogP) is 1.88. The Kier molecular flexibility index (Phi) is 4.78. The summed E-state index contributed by atoms with van der Waals surface area (Å²) in [6, 6.07) is 2.04. The Labute approximate surface area is 73.6 Å². The van der Waals surface area contributed by atoms with Crippen molar-refractivity contribution in [3.63, 3.8) is 0 Å². The highest BCUT2D eigenvalue weighted by Gasteiger charge is 2.02. The van der Waals surface area contributed by atoms with E-state index in [2.05, 4.69) is 5.10 Å². The molecule has 0 unspecified atom stereocenters. The Morgan fingerprint density at radius 1 is 1.58 bits per heavy atom. The fourth-order valence-corrected chi connectivity index (χ4v) is 0.890. The number of hydrogen-bond donors (Lipinski definition) is 0. The molecule has 1 aromatic rings. The molecule has 0 N–H and O–H groups in total. The molecule has 0 aromatic carbocycles. The summed E-state index contributed by atoms with van der Waals surface area (Å²) in [5, 5.41) is 12.5. The van der Waals surface area contributed by atoms with E-state index in [0.29, 0.717) is 5.69 Å². The summed E-state index contributed by atoms with van der Waals surface area (Å²) in [5.41, 5.74) is 1.56. The Hall–Kier alpha value is -1.30. The third-order valence-corrected chi connectivity index (χ3v) is 1.39. The van der Waals surface area contributed by atoms with Gasteiger partial charge in [0.2, 0.25) is 0 Å². The molecule has 0 saturated carbocycles. The van der Waals surface area contributed by atoms with Crippen molar-refractivity contribution in [1.29, 1.82) is 5.26 Å². The molecule has 0 saturated heterocycles. The first-order valence-electron chi connectivity index (χ1n) is 4.20. The van der Waals surface area contributed by atoms with Gasteiger partial charge in [-0.3, -0.25) is 4.68 Å². The van der Waals surface area contributed by atoms with Crippen LogP contribution in [0.5, 0.6) is 0 Å². The molecule has 0 spiro atoms. The summed E-state index contributed by atoms with van der Waals surface area (Å²) in [6.07, 6.45) is 2.75. The maximum atomic E-state index is 8.54. The second kappa shape index (κ2) is 5.36. The second-order valence-electron chi connectivity index (χ2n) is 2.14. The minimum atomic E-state index is 0.546. The van der Waals surface area contributed by atoms with Crippen LogP contribution in [-0.4, -0.2) is 9.78 Å². The molecule has 0 aliphatic rings. The third-order valence-electron chi connectivity index (χ3n) is 1.39. The summed E-state index contributed by atoms with van der Waals surface area (Å²) in [7, 11) is 1.82. The van der Waals surface area contributed by atoms with Crippen LogP contribution in [0.3, 0.4) is 0 Å². The highest BCUT2D eigenvalue weighted by molar-refractivity contribution is 5.28. The molecule has 12 heavy (non-hydrogen) atoms. The average Bonchev–Trinajstić information content (AvgIpc) is 2.49. The van der Waals surface area contributed by atoms with E-state index in [1.807, 2.05) is 40.1 Å². The van der Waals surface area contributed by atoms with Gasteiger partial charge in [0.15, 0.2) is 5.69 Å². The van der Waals surface area contributed by atoms with E-state index in [1.165, 1.54) is 0 Å². The second-order valence-corrected chi connectivity index (χ2v) is 2.14. The van der Waals surface area contributed by atoms with Crippen molar-refractivity contribution in [3.8, 4) is 6.07 Å². The van der Waals surface area contributed by atoms with Crippen LogP contribution in [0.2, 0.25) is 0 Å². The molecule has 3 nitrogen and oxygen atoms in total. The highest BCUT2D eigenvalue weighted by Crippen LogP contribution is 2.04. The number of rotatable bonds is 1. The molecular weight excluding hydrogens is 150 g/mol. The Morgan fingerprint density at radius 3 is 2.50 bits per heavy atom. The maximum Gasteiger partial charge on any atom is 0.165 e. The van der Waals surface area contributed by atoms with Gasteiger partial charge in [-0.1, -0.05) is 20.8 Å². The van der Waals surface area contributed by atoms with Gasteiger partial charge in [-0.15, -0.1) is 0 Å². The van der Waals surface area contributed by atoms with Gasteiger partial charge in [0, 0.05) is 18.8 Å². The first kappa shape index (κ1) is 10.7. The molecule has 1 rings (SSSR count). The lowest BCUT2D eigenvalue weighted by molar-refractivity contribution is 0.762. The Morgan fingerprint density at radius 2 is 2.17 bits per heavy atom. The van der Waals surface area contributed by atoms with Crippen LogP contribution >= 0.6 is 0 Å². The topological polar surface area (TPSA) is 41.6 Å². The molecule has 66 valence electrons. The number of nitrogens with zero attached hydrogens (tertiary/aromatic N) is 3. The van der Waals surface area contributed by atoms with Crippen LogP contribution in [0.1, 0.15) is 32.0 Å². The quantitative estimate of drug-likeness (QED) is 0.637. The molecule has 3 heteroatoms. The molecule has 1 heterocycles. The largest absolute Gasteiger partial charge is 0.274 e. The van der Waals surface area contributed by atoms with Gasteiger partial charge in [-0.05, 0) is 6.42 Å². The van der Waals surface area contributed by atoms with E-state index in [4.69, 9.17) is 5.26 Å². The SMILES string of the molecule is CC.CCc1cn(C)nc1C#N. The van der Waals surface area contributed by atoms with Crippen LogP contribution < -0.4 is 0 Å². The summed E-state index contributed by atoms with van der Waals surface area (Å²) < 4.78 is 1.66. The number of hydrogen-bond acceptors (Lipinski definition) is 2. The summed E-state index contributed by atoms with van der Waals surface area (Å²) in [4.78, 5) is 0. The third kappa shape index (κ3) is 2.39. The lowest BCUT2D eigenvalue weighted by Crippen LogP contribution is -1.86. The Bertz CT molecular complexity index is 268. The summed E-state index contributed by atoms with van der Waals surface area (Å²) in [5.74, 6) is 0.